The first kappa shape index (κ1) is 14.7. The molecule has 0 bridgehead atoms. The highest BCUT2D eigenvalue weighted by atomic mass is 35.5. The van der Waals surface area contributed by atoms with Crippen molar-refractivity contribution in [3.63, 3.8) is 0 Å². The van der Waals surface area contributed by atoms with E-state index in [0.717, 1.165) is 31.6 Å². The quantitative estimate of drug-likeness (QED) is 0.915. The lowest BCUT2D eigenvalue weighted by Gasteiger charge is -2.23. The van der Waals surface area contributed by atoms with Crippen molar-refractivity contribution < 1.29 is 4.39 Å². The van der Waals surface area contributed by atoms with Crippen LogP contribution in [0, 0.1) is 5.82 Å². The molecule has 1 aliphatic heterocycles. The Hall–Kier alpha value is -0.350. The molecule has 96 valence electrons. The first-order valence-corrected chi connectivity index (χ1v) is 5.89. The van der Waals surface area contributed by atoms with Crippen LogP contribution in [0.1, 0.15) is 12.0 Å². The first-order chi connectivity index (χ1) is 7.66. The molecular formula is C12H17Cl2FN2. The molecule has 1 aliphatic rings. The standard InChI is InChI=1S/C12H16ClFN2.ClH/c1-16(11-4-5-15-7-11)8-9-2-3-10(14)6-12(9)13;/h2-3,6,11,15H,4-5,7-8H2,1H3;1H. The number of nitrogens with zero attached hydrogens (tertiary/aromatic N) is 1. The molecule has 1 atom stereocenters. The maximum absolute atomic E-state index is 12.9. The Bertz CT molecular complexity index is 368. The largest absolute Gasteiger partial charge is 0.315 e. The van der Waals surface area contributed by atoms with Gasteiger partial charge >= 0.3 is 0 Å². The fourth-order valence-electron chi connectivity index (χ4n) is 2.06. The van der Waals surface area contributed by atoms with Gasteiger partial charge in [-0.1, -0.05) is 17.7 Å². The number of hydrogen-bond acceptors (Lipinski definition) is 2. The number of likely N-dealkylation sites (N-methyl/N-ethyl adjacent to an activating group) is 1. The van der Waals surface area contributed by atoms with Crippen LogP contribution in [0.2, 0.25) is 5.02 Å². The molecule has 0 amide bonds. The average Bonchev–Trinajstić information content (AvgIpc) is 2.75. The molecule has 1 aromatic rings. The Morgan fingerprint density at radius 1 is 1.53 bits per heavy atom. The Kier molecular flexibility index (Phi) is 5.67. The highest BCUT2D eigenvalue weighted by Crippen LogP contribution is 2.20. The van der Waals surface area contributed by atoms with Gasteiger partial charge in [-0.2, -0.15) is 0 Å². The molecule has 17 heavy (non-hydrogen) atoms. The van der Waals surface area contributed by atoms with Crippen molar-refractivity contribution in [1.82, 2.24) is 10.2 Å². The third-order valence-corrected chi connectivity index (χ3v) is 3.44. The van der Waals surface area contributed by atoms with Gasteiger partial charge in [-0.05, 0) is 37.7 Å². The van der Waals surface area contributed by atoms with Crippen LogP contribution in [0.4, 0.5) is 4.39 Å². The normalized spacial score (nSPS) is 19.4. The average molecular weight is 279 g/mol. The smallest absolute Gasteiger partial charge is 0.124 e. The topological polar surface area (TPSA) is 15.3 Å². The summed E-state index contributed by atoms with van der Waals surface area (Å²) in [7, 11) is 2.08. The third-order valence-electron chi connectivity index (χ3n) is 3.09. The minimum atomic E-state index is -0.279. The van der Waals surface area contributed by atoms with E-state index < -0.39 is 0 Å². The van der Waals surface area contributed by atoms with Crippen LogP contribution in [0.25, 0.3) is 0 Å². The van der Waals surface area contributed by atoms with Crippen LogP contribution in [-0.4, -0.2) is 31.1 Å². The van der Waals surface area contributed by atoms with E-state index in [1.54, 1.807) is 6.07 Å². The summed E-state index contributed by atoms with van der Waals surface area (Å²) in [6.07, 6.45) is 1.16. The highest BCUT2D eigenvalue weighted by Gasteiger charge is 2.19. The molecule has 1 N–H and O–H groups in total. The molecule has 0 aliphatic carbocycles. The number of rotatable bonds is 3. The van der Waals surface area contributed by atoms with E-state index in [2.05, 4.69) is 17.3 Å². The summed E-state index contributed by atoms with van der Waals surface area (Å²) >= 11 is 6.00. The second kappa shape index (κ2) is 6.55. The predicted molar refractivity (Wildman–Crippen MR) is 71.4 cm³/mol. The molecule has 1 fully saturated rings. The van der Waals surface area contributed by atoms with Gasteiger partial charge in [0.2, 0.25) is 0 Å². The minimum Gasteiger partial charge on any atom is -0.315 e. The van der Waals surface area contributed by atoms with Crippen molar-refractivity contribution in [2.75, 3.05) is 20.1 Å². The molecule has 1 unspecified atom stereocenters. The van der Waals surface area contributed by atoms with Gasteiger partial charge in [0.05, 0.1) is 0 Å². The van der Waals surface area contributed by atoms with Gasteiger partial charge in [0, 0.05) is 24.2 Å². The van der Waals surface area contributed by atoms with Crippen molar-refractivity contribution in [1.29, 1.82) is 0 Å². The summed E-state index contributed by atoms with van der Waals surface area (Å²) < 4.78 is 12.9. The van der Waals surface area contributed by atoms with Crippen molar-refractivity contribution >= 4 is 24.0 Å². The van der Waals surface area contributed by atoms with Crippen LogP contribution in [0.3, 0.4) is 0 Å². The molecule has 0 radical (unpaired) electrons. The van der Waals surface area contributed by atoms with Gasteiger partial charge in [0.1, 0.15) is 5.82 Å². The van der Waals surface area contributed by atoms with Gasteiger partial charge < -0.3 is 5.32 Å². The Balaban J connectivity index is 0.00000144. The second-order valence-electron chi connectivity index (χ2n) is 4.30. The summed E-state index contributed by atoms with van der Waals surface area (Å²) in [6.45, 7) is 2.87. The highest BCUT2D eigenvalue weighted by molar-refractivity contribution is 6.31. The third kappa shape index (κ3) is 3.81. The maximum Gasteiger partial charge on any atom is 0.124 e. The van der Waals surface area contributed by atoms with E-state index >= 15 is 0 Å². The Morgan fingerprint density at radius 3 is 2.88 bits per heavy atom. The second-order valence-corrected chi connectivity index (χ2v) is 4.70. The molecule has 1 aromatic carbocycles. The number of nitrogens with one attached hydrogen (secondary N) is 1. The van der Waals surface area contributed by atoms with E-state index in [0.29, 0.717) is 11.1 Å². The molecule has 5 heteroatoms. The molecular weight excluding hydrogens is 262 g/mol. The molecule has 0 saturated carbocycles. The van der Waals surface area contributed by atoms with Crippen LogP contribution < -0.4 is 5.32 Å². The van der Waals surface area contributed by atoms with Gasteiger partial charge in [-0.15, -0.1) is 12.4 Å². The number of halogens is 3. The predicted octanol–water partition coefficient (Wildman–Crippen LogP) is 2.69. The summed E-state index contributed by atoms with van der Waals surface area (Å²) in [6, 6.07) is 5.15. The summed E-state index contributed by atoms with van der Waals surface area (Å²) in [4.78, 5) is 2.26. The molecule has 0 aromatic heterocycles. The Morgan fingerprint density at radius 2 is 2.29 bits per heavy atom. The zero-order valence-electron chi connectivity index (χ0n) is 9.75. The number of hydrogen-bond donors (Lipinski definition) is 1. The fourth-order valence-corrected chi connectivity index (χ4v) is 2.29. The van der Waals surface area contributed by atoms with E-state index in [1.165, 1.54) is 12.1 Å². The molecule has 0 spiro atoms. The zero-order valence-corrected chi connectivity index (χ0v) is 11.3. The molecule has 2 rings (SSSR count). The van der Waals surface area contributed by atoms with Crippen molar-refractivity contribution in [2.45, 2.75) is 19.0 Å². The van der Waals surface area contributed by atoms with Crippen LogP contribution >= 0.6 is 24.0 Å². The first-order valence-electron chi connectivity index (χ1n) is 5.51. The monoisotopic (exact) mass is 278 g/mol. The maximum atomic E-state index is 12.9. The lowest BCUT2D eigenvalue weighted by Crippen LogP contribution is -2.32. The van der Waals surface area contributed by atoms with Crippen molar-refractivity contribution in [3.8, 4) is 0 Å². The van der Waals surface area contributed by atoms with E-state index in [4.69, 9.17) is 11.6 Å². The molecule has 1 heterocycles. The SMILES string of the molecule is CN(Cc1ccc(F)cc1Cl)C1CCNC1.Cl. The van der Waals surface area contributed by atoms with E-state index in [-0.39, 0.29) is 18.2 Å². The molecule has 1 saturated heterocycles. The summed E-state index contributed by atoms with van der Waals surface area (Å²) in [5.41, 5.74) is 0.984. The Labute approximate surface area is 113 Å². The van der Waals surface area contributed by atoms with Gasteiger partial charge in [0.15, 0.2) is 0 Å². The van der Waals surface area contributed by atoms with Gasteiger partial charge in [-0.3, -0.25) is 4.90 Å². The summed E-state index contributed by atoms with van der Waals surface area (Å²) in [5, 5.41) is 3.84. The van der Waals surface area contributed by atoms with Gasteiger partial charge in [-0.25, -0.2) is 4.39 Å². The van der Waals surface area contributed by atoms with Crippen molar-refractivity contribution in [2.24, 2.45) is 0 Å². The van der Waals surface area contributed by atoms with Crippen LogP contribution in [0.5, 0.6) is 0 Å². The van der Waals surface area contributed by atoms with Crippen molar-refractivity contribution in [3.05, 3.63) is 34.6 Å². The zero-order chi connectivity index (χ0) is 11.5. The van der Waals surface area contributed by atoms with Crippen LogP contribution in [-0.2, 0) is 6.54 Å². The molecule has 2 nitrogen and oxygen atoms in total. The summed E-state index contributed by atoms with van der Waals surface area (Å²) in [5.74, 6) is -0.279. The lowest BCUT2D eigenvalue weighted by molar-refractivity contribution is 0.249. The number of benzene rings is 1. The van der Waals surface area contributed by atoms with Gasteiger partial charge in [0.25, 0.3) is 0 Å². The minimum absolute atomic E-state index is 0. The fraction of sp³-hybridized carbons (Fsp3) is 0.500. The van der Waals surface area contributed by atoms with Crippen LogP contribution in [0.15, 0.2) is 18.2 Å². The van der Waals surface area contributed by atoms with E-state index in [9.17, 15) is 4.39 Å². The lowest BCUT2D eigenvalue weighted by atomic mass is 10.1. The van der Waals surface area contributed by atoms with E-state index in [1.807, 2.05) is 0 Å².